The van der Waals surface area contributed by atoms with Crippen LogP contribution < -0.4 is 5.32 Å². The van der Waals surface area contributed by atoms with Gasteiger partial charge in [0.15, 0.2) is 11.5 Å². The van der Waals surface area contributed by atoms with Gasteiger partial charge in [-0.25, -0.2) is 9.37 Å². The highest BCUT2D eigenvalue weighted by molar-refractivity contribution is 6.04. The number of hydrogen-bond donors (Lipinski definition) is 2. The number of carbonyl (C=O) groups excluding carboxylic acids is 2. The van der Waals surface area contributed by atoms with Gasteiger partial charge in [0.05, 0.1) is 17.2 Å². The summed E-state index contributed by atoms with van der Waals surface area (Å²) in [6.45, 7) is 3.23. The Balaban J connectivity index is 1.68. The topological polar surface area (TPSA) is 97.1 Å². The lowest BCUT2D eigenvalue weighted by atomic mass is 9.87. The number of aliphatic hydroxyl groups is 1. The van der Waals surface area contributed by atoms with Crippen LogP contribution in [0.3, 0.4) is 0 Å². The van der Waals surface area contributed by atoms with Gasteiger partial charge in [0, 0.05) is 34.9 Å². The number of hydrogen-bond acceptors (Lipinski definition) is 5. The van der Waals surface area contributed by atoms with Crippen LogP contribution in [0.2, 0.25) is 0 Å². The zero-order valence-electron chi connectivity index (χ0n) is 17.5. The van der Waals surface area contributed by atoms with Crippen LogP contribution in [0.5, 0.6) is 0 Å². The Bertz CT molecular complexity index is 1130. The number of amides is 1. The minimum absolute atomic E-state index is 0.122. The number of rotatable bonds is 5. The van der Waals surface area contributed by atoms with Gasteiger partial charge in [0.2, 0.25) is 0 Å². The normalized spacial score (nSPS) is 19.4. The van der Waals surface area contributed by atoms with Crippen molar-refractivity contribution in [2.45, 2.75) is 51.2 Å². The molecular formula is C23H25FN4O3. The summed E-state index contributed by atoms with van der Waals surface area (Å²) < 4.78 is 15.9. The summed E-state index contributed by atoms with van der Waals surface area (Å²) in [7, 11) is 0. The monoisotopic (exact) mass is 424 g/mol. The van der Waals surface area contributed by atoms with Crippen molar-refractivity contribution in [2.75, 3.05) is 5.32 Å². The Labute approximate surface area is 179 Å². The Morgan fingerprint density at radius 2 is 2.03 bits per heavy atom. The first kappa shape index (κ1) is 21.1. The molecule has 1 aromatic carbocycles. The van der Waals surface area contributed by atoms with Gasteiger partial charge in [-0.3, -0.25) is 9.48 Å². The van der Waals surface area contributed by atoms with E-state index in [1.807, 2.05) is 10.9 Å². The number of pyridine rings is 1. The van der Waals surface area contributed by atoms with E-state index in [0.717, 1.165) is 37.4 Å². The molecule has 1 fully saturated rings. The number of halogens is 1. The summed E-state index contributed by atoms with van der Waals surface area (Å²) in [5.41, 5.74) is -0.0342. The maximum absolute atomic E-state index is 14.0. The first-order valence-corrected chi connectivity index (χ1v) is 10.4. The van der Waals surface area contributed by atoms with Gasteiger partial charge in [-0.1, -0.05) is 0 Å². The zero-order valence-corrected chi connectivity index (χ0v) is 17.5. The smallest absolute Gasteiger partial charge is 0.277 e. The van der Waals surface area contributed by atoms with Gasteiger partial charge in [-0.15, -0.1) is 0 Å². The van der Waals surface area contributed by atoms with Gasteiger partial charge in [-0.2, -0.15) is 5.10 Å². The summed E-state index contributed by atoms with van der Waals surface area (Å²) in [6.07, 6.45) is 7.72. The zero-order chi connectivity index (χ0) is 22.2. The van der Waals surface area contributed by atoms with Crippen LogP contribution in [-0.2, 0) is 10.4 Å². The van der Waals surface area contributed by atoms with Crippen molar-refractivity contribution in [2.24, 2.45) is 5.92 Å². The minimum Gasteiger partial charge on any atom is -0.386 e. The molecule has 0 saturated heterocycles. The summed E-state index contributed by atoms with van der Waals surface area (Å²) in [4.78, 5) is 27.4. The molecule has 1 amide bonds. The molecule has 2 aromatic heterocycles. The van der Waals surface area contributed by atoms with Crippen molar-refractivity contribution in [1.29, 1.82) is 0 Å². The molecule has 1 aliphatic rings. The van der Waals surface area contributed by atoms with E-state index in [9.17, 15) is 19.1 Å². The number of nitrogens with zero attached hydrogens (tertiary/aromatic N) is 3. The van der Waals surface area contributed by atoms with E-state index in [4.69, 9.17) is 0 Å². The van der Waals surface area contributed by atoms with Crippen molar-refractivity contribution in [3.63, 3.8) is 0 Å². The Morgan fingerprint density at radius 3 is 2.68 bits per heavy atom. The molecule has 8 heteroatoms. The third-order valence-corrected chi connectivity index (χ3v) is 5.85. The van der Waals surface area contributed by atoms with Crippen molar-refractivity contribution < 1.29 is 19.1 Å². The maximum Gasteiger partial charge on any atom is 0.277 e. The second-order valence-corrected chi connectivity index (χ2v) is 8.62. The molecule has 3 aromatic rings. The average molecular weight is 424 g/mol. The fourth-order valence-corrected chi connectivity index (χ4v) is 4.12. The first-order chi connectivity index (χ1) is 14.8. The quantitative estimate of drug-likeness (QED) is 0.604. The molecule has 0 unspecified atom stereocenters. The van der Waals surface area contributed by atoms with Crippen LogP contribution in [0.1, 0.15) is 61.6 Å². The first-order valence-electron chi connectivity index (χ1n) is 10.4. The second-order valence-electron chi connectivity index (χ2n) is 8.62. The van der Waals surface area contributed by atoms with E-state index in [1.54, 1.807) is 26.0 Å². The molecule has 0 radical (unpaired) electrons. The highest BCUT2D eigenvalue weighted by Crippen LogP contribution is 2.35. The van der Waals surface area contributed by atoms with E-state index in [1.165, 1.54) is 18.3 Å². The Hall–Kier alpha value is -3.13. The van der Waals surface area contributed by atoms with Crippen LogP contribution in [0.4, 0.5) is 10.1 Å². The molecule has 0 spiro atoms. The van der Waals surface area contributed by atoms with E-state index in [2.05, 4.69) is 15.4 Å². The molecule has 0 bridgehead atoms. The molecule has 0 aliphatic heterocycles. The van der Waals surface area contributed by atoms with Crippen LogP contribution in [0.25, 0.3) is 10.9 Å². The molecule has 7 nitrogen and oxygen atoms in total. The summed E-state index contributed by atoms with van der Waals surface area (Å²) in [6, 6.07) is 6.27. The van der Waals surface area contributed by atoms with Crippen LogP contribution in [0, 0.1) is 11.7 Å². The van der Waals surface area contributed by atoms with Crippen molar-refractivity contribution in [3.8, 4) is 0 Å². The largest absolute Gasteiger partial charge is 0.386 e. The SMILES string of the molecule is CC(C)(O)c1cc2nn(C3CCC(C=O)CC3)cc2cc1NC(=O)c1ncccc1F. The van der Waals surface area contributed by atoms with Gasteiger partial charge in [0.25, 0.3) is 5.91 Å². The number of aromatic nitrogens is 3. The third kappa shape index (κ3) is 4.34. The highest BCUT2D eigenvalue weighted by Gasteiger charge is 2.26. The van der Waals surface area contributed by atoms with E-state index >= 15 is 0 Å². The summed E-state index contributed by atoms with van der Waals surface area (Å²) >= 11 is 0. The molecule has 31 heavy (non-hydrogen) atoms. The van der Waals surface area contributed by atoms with Crippen LogP contribution in [-0.4, -0.2) is 32.1 Å². The van der Waals surface area contributed by atoms with Gasteiger partial charge in [0.1, 0.15) is 6.29 Å². The predicted octanol–water partition coefficient (Wildman–Crippen LogP) is 3.98. The minimum atomic E-state index is -1.26. The lowest BCUT2D eigenvalue weighted by molar-refractivity contribution is -0.112. The fraction of sp³-hybridized carbons (Fsp3) is 0.391. The van der Waals surface area contributed by atoms with E-state index in [-0.39, 0.29) is 17.7 Å². The standard InChI is InChI=1S/C23H25FN4O3/c1-23(2,31)17-11-19-15(12-28(27-19)16-7-5-14(13-29)6-8-16)10-20(17)26-22(30)21-18(24)4-3-9-25-21/h3-4,9-14,16,31H,5-8H2,1-2H3,(H,26,30). The third-order valence-electron chi connectivity index (χ3n) is 5.85. The van der Waals surface area contributed by atoms with Crippen molar-refractivity contribution in [1.82, 2.24) is 14.8 Å². The number of aldehydes is 1. The van der Waals surface area contributed by atoms with Crippen molar-refractivity contribution >= 4 is 28.8 Å². The Morgan fingerprint density at radius 1 is 1.29 bits per heavy atom. The molecule has 0 atom stereocenters. The number of carbonyl (C=O) groups is 2. The van der Waals surface area contributed by atoms with E-state index in [0.29, 0.717) is 16.8 Å². The van der Waals surface area contributed by atoms with Crippen LogP contribution in [0.15, 0.2) is 36.7 Å². The van der Waals surface area contributed by atoms with Crippen molar-refractivity contribution in [3.05, 3.63) is 53.7 Å². The molecule has 4 rings (SSSR count). The molecule has 2 heterocycles. The fourth-order valence-electron chi connectivity index (χ4n) is 4.12. The number of anilines is 1. The van der Waals surface area contributed by atoms with E-state index < -0.39 is 17.3 Å². The van der Waals surface area contributed by atoms with Gasteiger partial charge < -0.3 is 15.2 Å². The molecule has 1 saturated carbocycles. The lowest BCUT2D eigenvalue weighted by Crippen LogP contribution is -2.22. The molecule has 2 N–H and O–H groups in total. The average Bonchev–Trinajstić information content (AvgIpc) is 3.16. The van der Waals surface area contributed by atoms with Gasteiger partial charge in [-0.05, 0) is 63.8 Å². The summed E-state index contributed by atoms with van der Waals surface area (Å²) in [5.74, 6) is -1.29. The molecular weight excluding hydrogens is 399 g/mol. The van der Waals surface area contributed by atoms with Gasteiger partial charge >= 0.3 is 0 Å². The number of fused-ring (bicyclic) bond motifs is 1. The lowest BCUT2D eigenvalue weighted by Gasteiger charge is -2.25. The number of nitrogens with one attached hydrogen (secondary N) is 1. The second kappa shape index (κ2) is 8.19. The molecule has 1 aliphatic carbocycles. The molecule has 162 valence electrons. The van der Waals surface area contributed by atoms with Crippen LogP contribution >= 0.6 is 0 Å². The highest BCUT2D eigenvalue weighted by atomic mass is 19.1. The number of benzene rings is 1. The predicted molar refractivity (Wildman–Crippen MR) is 114 cm³/mol. The Kier molecular flexibility index (Phi) is 5.58. The summed E-state index contributed by atoms with van der Waals surface area (Å²) in [5, 5.41) is 18.8. The maximum atomic E-state index is 14.0.